The van der Waals surface area contributed by atoms with Crippen LogP contribution in [-0.2, 0) is 7.05 Å². The van der Waals surface area contributed by atoms with Crippen LogP contribution in [0.5, 0.6) is 5.75 Å². The van der Waals surface area contributed by atoms with E-state index >= 15 is 0 Å². The largest absolute Gasteiger partial charge is 0.503 e. The first kappa shape index (κ1) is 15.4. The lowest BCUT2D eigenvalue weighted by Crippen LogP contribution is -2.37. The number of halogens is 4. The van der Waals surface area contributed by atoms with E-state index in [9.17, 15) is 23.1 Å². The van der Waals surface area contributed by atoms with E-state index < -0.39 is 29.1 Å². The fraction of sp³-hybridized carbons (Fsp3) is 0.364. The molecule has 1 aromatic rings. The van der Waals surface area contributed by atoms with Gasteiger partial charge in [-0.1, -0.05) is 17.5 Å². The Morgan fingerprint density at radius 2 is 2.21 bits per heavy atom. The number of hydrogen-bond donors (Lipinski definition) is 2. The Morgan fingerprint density at radius 1 is 1.63 bits per heavy atom. The fourth-order valence-corrected chi connectivity index (χ4v) is 1.80. The van der Waals surface area contributed by atoms with Crippen LogP contribution in [0.25, 0.3) is 0 Å². The summed E-state index contributed by atoms with van der Waals surface area (Å²) >= 11 is 5.49. The lowest BCUT2D eigenvalue weighted by atomic mass is 10.1. The van der Waals surface area contributed by atoms with Crippen LogP contribution in [0.4, 0.5) is 13.2 Å². The topological polar surface area (TPSA) is 54.3 Å². The van der Waals surface area contributed by atoms with Crippen LogP contribution >= 0.6 is 11.6 Å². The molecule has 0 aliphatic carbocycles. The summed E-state index contributed by atoms with van der Waals surface area (Å²) in [5.74, 6) is 0.945. The van der Waals surface area contributed by atoms with Crippen molar-refractivity contribution in [3.05, 3.63) is 27.1 Å². The van der Waals surface area contributed by atoms with Crippen LogP contribution in [0, 0.1) is 12.3 Å². The quantitative estimate of drug-likeness (QED) is 0.832. The Balaban J connectivity index is 3.44. The van der Waals surface area contributed by atoms with E-state index in [4.69, 9.17) is 18.0 Å². The molecule has 0 aromatic carbocycles. The van der Waals surface area contributed by atoms with Crippen molar-refractivity contribution in [3.63, 3.8) is 0 Å². The van der Waals surface area contributed by atoms with Crippen molar-refractivity contribution < 1.29 is 18.3 Å². The number of nitrogens with zero attached hydrogens (tertiary/aromatic N) is 1. The van der Waals surface area contributed by atoms with Crippen molar-refractivity contribution in [1.29, 1.82) is 0 Å². The molecule has 0 bridgehead atoms. The number of alkyl halides is 3. The minimum atomic E-state index is -4.73. The molecule has 104 valence electrons. The standard InChI is InChI=1S/C11H10ClF3N2O2/c1-3-4-16-10(11(13,14)15)7-9(19)8(18)6(12)5-17(7)2/h1,5,10,16,19H,4H2,2H3. The molecule has 4 nitrogen and oxygen atoms in total. The lowest BCUT2D eigenvalue weighted by molar-refractivity contribution is -0.158. The van der Waals surface area contributed by atoms with Gasteiger partial charge in [-0.25, -0.2) is 0 Å². The first-order valence-corrected chi connectivity index (χ1v) is 5.39. The Morgan fingerprint density at radius 3 is 2.68 bits per heavy atom. The minimum absolute atomic E-state index is 0.373. The molecule has 8 heteroatoms. The van der Waals surface area contributed by atoms with Crippen LogP contribution in [-0.4, -0.2) is 22.4 Å². The highest BCUT2D eigenvalue weighted by molar-refractivity contribution is 6.30. The van der Waals surface area contributed by atoms with Gasteiger partial charge in [-0.3, -0.25) is 10.1 Å². The Labute approximate surface area is 111 Å². The molecule has 19 heavy (non-hydrogen) atoms. The Kier molecular flexibility index (Phi) is 4.50. The first-order valence-electron chi connectivity index (χ1n) is 5.01. The maximum absolute atomic E-state index is 12.9. The Bertz CT molecular complexity index is 575. The zero-order valence-corrected chi connectivity index (χ0v) is 10.5. The maximum atomic E-state index is 12.9. The summed E-state index contributed by atoms with van der Waals surface area (Å²) < 4.78 is 39.7. The summed E-state index contributed by atoms with van der Waals surface area (Å²) in [4.78, 5) is 11.4. The van der Waals surface area contributed by atoms with E-state index in [1.54, 1.807) is 0 Å². The highest BCUT2D eigenvalue weighted by Gasteiger charge is 2.43. The van der Waals surface area contributed by atoms with Crippen molar-refractivity contribution in [2.24, 2.45) is 7.05 Å². The zero-order chi connectivity index (χ0) is 14.8. The number of nitrogens with one attached hydrogen (secondary N) is 1. The van der Waals surface area contributed by atoms with Crippen molar-refractivity contribution in [1.82, 2.24) is 9.88 Å². The van der Waals surface area contributed by atoms with Gasteiger partial charge in [0.25, 0.3) is 0 Å². The lowest BCUT2D eigenvalue weighted by Gasteiger charge is -2.24. The number of pyridine rings is 1. The second-order valence-electron chi connectivity index (χ2n) is 3.71. The van der Waals surface area contributed by atoms with E-state index in [1.807, 2.05) is 11.2 Å². The molecule has 0 saturated heterocycles. The van der Waals surface area contributed by atoms with E-state index in [0.717, 1.165) is 10.8 Å². The van der Waals surface area contributed by atoms with Gasteiger partial charge in [0.15, 0.2) is 5.75 Å². The van der Waals surface area contributed by atoms with Crippen molar-refractivity contribution >= 4 is 11.6 Å². The highest BCUT2D eigenvalue weighted by atomic mass is 35.5. The van der Waals surface area contributed by atoms with Gasteiger partial charge in [-0.15, -0.1) is 6.42 Å². The van der Waals surface area contributed by atoms with Gasteiger partial charge in [-0.2, -0.15) is 13.2 Å². The highest BCUT2D eigenvalue weighted by Crippen LogP contribution is 2.35. The van der Waals surface area contributed by atoms with Gasteiger partial charge < -0.3 is 9.67 Å². The van der Waals surface area contributed by atoms with Gasteiger partial charge in [0, 0.05) is 13.2 Å². The molecule has 1 heterocycles. The second-order valence-corrected chi connectivity index (χ2v) is 4.12. The summed E-state index contributed by atoms with van der Waals surface area (Å²) in [6.07, 6.45) is 1.16. The van der Waals surface area contributed by atoms with Crippen molar-refractivity contribution in [2.75, 3.05) is 6.54 Å². The van der Waals surface area contributed by atoms with Crippen LogP contribution in [0.2, 0.25) is 5.02 Å². The molecule has 0 radical (unpaired) electrons. The molecule has 1 aromatic heterocycles. The normalized spacial score (nSPS) is 13.1. The summed E-state index contributed by atoms with van der Waals surface area (Å²) in [5.41, 5.74) is -1.70. The van der Waals surface area contributed by atoms with Gasteiger partial charge in [0.05, 0.1) is 12.2 Å². The monoisotopic (exact) mass is 294 g/mol. The summed E-state index contributed by atoms with van der Waals surface area (Å²) in [6.45, 7) is -0.375. The number of rotatable bonds is 3. The first-order chi connectivity index (χ1) is 8.70. The SMILES string of the molecule is C#CCNC(c1c(O)c(=O)c(Cl)cn1C)C(F)(F)F. The van der Waals surface area contributed by atoms with Crippen molar-refractivity contribution in [2.45, 2.75) is 12.2 Å². The molecule has 1 atom stereocenters. The molecule has 0 saturated carbocycles. The molecule has 0 spiro atoms. The minimum Gasteiger partial charge on any atom is -0.503 e. The molecule has 0 fully saturated rings. The summed E-state index contributed by atoms with van der Waals surface area (Å²) in [7, 11) is 1.23. The molecule has 1 unspecified atom stereocenters. The van der Waals surface area contributed by atoms with Gasteiger partial charge in [0.2, 0.25) is 5.43 Å². The van der Waals surface area contributed by atoms with E-state index in [2.05, 4.69) is 0 Å². The predicted molar refractivity (Wildman–Crippen MR) is 64.0 cm³/mol. The summed E-state index contributed by atoms with van der Waals surface area (Å²) in [5, 5.41) is 11.2. The molecule has 2 N–H and O–H groups in total. The summed E-state index contributed by atoms with van der Waals surface area (Å²) in [6, 6.07) is -2.27. The molecule has 1 rings (SSSR count). The predicted octanol–water partition coefficient (Wildman–Crippen LogP) is 1.57. The van der Waals surface area contributed by atoms with E-state index in [1.165, 1.54) is 7.05 Å². The zero-order valence-electron chi connectivity index (χ0n) is 9.75. The number of aryl methyl sites for hydroxylation is 1. The average Bonchev–Trinajstić information content (AvgIpc) is 2.29. The third-order valence-corrected chi connectivity index (χ3v) is 2.64. The van der Waals surface area contributed by atoms with E-state index in [0.29, 0.717) is 0 Å². The Hall–Kier alpha value is -1.65. The van der Waals surface area contributed by atoms with E-state index in [-0.39, 0.29) is 11.6 Å². The number of aromatic nitrogens is 1. The maximum Gasteiger partial charge on any atom is 0.409 e. The van der Waals surface area contributed by atoms with Gasteiger partial charge >= 0.3 is 6.18 Å². The number of aromatic hydroxyl groups is 1. The smallest absolute Gasteiger partial charge is 0.409 e. The van der Waals surface area contributed by atoms with Crippen LogP contribution in [0.1, 0.15) is 11.7 Å². The third-order valence-electron chi connectivity index (χ3n) is 2.37. The van der Waals surface area contributed by atoms with Crippen LogP contribution in [0.3, 0.4) is 0 Å². The fourth-order valence-electron chi connectivity index (χ4n) is 1.56. The molecular weight excluding hydrogens is 285 g/mol. The third kappa shape index (κ3) is 3.22. The van der Waals surface area contributed by atoms with Crippen molar-refractivity contribution in [3.8, 4) is 18.1 Å². The number of hydrogen-bond acceptors (Lipinski definition) is 3. The second kappa shape index (κ2) is 5.55. The average molecular weight is 295 g/mol. The van der Waals surface area contributed by atoms with Crippen LogP contribution < -0.4 is 10.7 Å². The molecule has 0 aliphatic rings. The van der Waals surface area contributed by atoms with Gasteiger partial charge in [-0.05, 0) is 0 Å². The number of terminal acetylenes is 1. The molecule has 0 amide bonds. The molecular formula is C11H10ClF3N2O2. The van der Waals surface area contributed by atoms with Gasteiger partial charge in [0.1, 0.15) is 11.1 Å². The molecule has 0 aliphatic heterocycles. The van der Waals surface area contributed by atoms with Crippen LogP contribution in [0.15, 0.2) is 11.0 Å².